The molecule has 0 saturated heterocycles. The van der Waals surface area contributed by atoms with Gasteiger partial charge in [0.05, 0.1) is 23.1 Å². The average molecular weight is 567 g/mol. The van der Waals surface area contributed by atoms with E-state index in [-0.39, 0.29) is 22.4 Å². The summed E-state index contributed by atoms with van der Waals surface area (Å²) in [7, 11) is 1.37. The van der Waals surface area contributed by atoms with Gasteiger partial charge in [-0.25, -0.2) is 0 Å². The number of phenolic OH excluding ortho intramolecular Hbond substituents is 1. The van der Waals surface area contributed by atoms with Crippen LogP contribution in [0.2, 0.25) is 0 Å². The molecule has 1 aliphatic rings. The fourth-order valence-corrected chi connectivity index (χ4v) is 5.38. The molecule has 3 aromatic rings. The summed E-state index contributed by atoms with van der Waals surface area (Å²) in [5, 5.41) is 27.4. The molecule has 0 aliphatic heterocycles. The number of hydrogen-bond donors (Lipinski definition) is 4. The molecule has 4 N–H and O–H groups in total. The fourth-order valence-electron chi connectivity index (χ4n) is 4.92. The Labute approximate surface area is 222 Å². The summed E-state index contributed by atoms with van der Waals surface area (Å²) in [6.45, 7) is 1.42. The maximum Gasteiger partial charge on any atom is 0.235 e. The number of carbonyl (C=O) groups is 3. The van der Waals surface area contributed by atoms with Gasteiger partial charge in [-0.2, -0.15) is 0 Å². The largest absolute Gasteiger partial charge is 0.503 e. The van der Waals surface area contributed by atoms with Gasteiger partial charge in [0.1, 0.15) is 11.7 Å². The lowest BCUT2D eigenvalue weighted by molar-refractivity contribution is -0.150. The Kier molecular flexibility index (Phi) is 7.65. The predicted octanol–water partition coefficient (Wildman–Crippen LogP) is 4.48. The van der Waals surface area contributed by atoms with E-state index in [1.54, 1.807) is 60.7 Å². The quantitative estimate of drug-likeness (QED) is 0.326. The summed E-state index contributed by atoms with van der Waals surface area (Å²) in [5.41, 5.74) is -0.391. The highest BCUT2D eigenvalue weighted by Gasteiger charge is 2.56. The molecule has 8 nitrogen and oxygen atoms in total. The minimum absolute atomic E-state index is 0.0893. The SMILES string of the molecule is COc1cc(C2C(C(=O)Nc3ccccc3)C(=O)CC(C)(O)C2C(=O)Nc2ccccc2)cc(Br)c1O. The Bertz CT molecular complexity index is 1310. The van der Waals surface area contributed by atoms with Crippen molar-refractivity contribution >= 4 is 44.9 Å². The Morgan fingerprint density at radius 3 is 2.05 bits per heavy atom. The topological polar surface area (TPSA) is 125 Å². The first-order valence-electron chi connectivity index (χ1n) is 11.7. The van der Waals surface area contributed by atoms with Gasteiger partial charge in [0.25, 0.3) is 0 Å². The van der Waals surface area contributed by atoms with Crippen molar-refractivity contribution in [2.75, 3.05) is 17.7 Å². The highest BCUT2D eigenvalue weighted by molar-refractivity contribution is 9.10. The van der Waals surface area contributed by atoms with Crippen molar-refractivity contribution in [2.45, 2.75) is 24.9 Å². The second-order valence-corrected chi connectivity index (χ2v) is 10.1. The van der Waals surface area contributed by atoms with E-state index in [1.165, 1.54) is 26.2 Å². The van der Waals surface area contributed by atoms with Crippen molar-refractivity contribution in [1.82, 2.24) is 0 Å². The standard InChI is InChI=1S/C28H27BrN2O6/c1-28(36)15-20(32)23(26(34)30-17-9-5-3-6-10-17)22(16-13-19(29)25(33)21(14-16)37-2)24(28)27(35)31-18-11-7-4-8-12-18/h3-14,22-24,33,36H,15H2,1-2H3,(H,30,34)(H,31,35). The second-order valence-electron chi connectivity index (χ2n) is 9.25. The summed E-state index contributed by atoms with van der Waals surface area (Å²) >= 11 is 3.29. The number of aliphatic hydroxyl groups is 1. The normalized spacial score (nSPS) is 23.2. The van der Waals surface area contributed by atoms with Crippen molar-refractivity contribution < 1.29 is 29.3 Å². The van der Waals surface area contributed by atoms with Gasteiger partial charge in [-0.05, 0) is 64.8 Å². The van der Waals surface area contributed by atoms with Gasteiger partial charge in [0.2, 0.25) is 11.8 Å². The van der Waals surface area contributed by atoms with Crippen LogP contribution in [0.25, 0.3) is 0 Å². The average Bonchev–Trinajstić information content (AvgIpc) is 2.85. The van der Waals surface area contributed by atoms with E-state index in [1.807, 2.05) is 0 Å². The van der Waals surface area contributed by atoms with Crippen molar-refractivity contribution in [3.8, 4) is 11.5 Å². The molecule has 0 bridgehead atoms. The molecule has 0 aromatic heterocycles. The molecular weight excluding hydrogens is 540 g/mol. The van der Waals surface area contributed by atoms with Crippen LogP contribution in [0.1, 0.15) is 24.8 Å². The smallest absolute Gasteiger partial charge is 0.235 e. The summed E-state index contributed by atoms with van der Waals surface area (Å²) < 4.78 is 5.54. The van der Waals surface area contributed by atoms with Crippen LogP contribution in [0.5, 0.6) is 11.5 Å². The number of aromatic hydroxyl groups is 1. The van der Waals surface area contributed by atoms with Gasteiger partial charge in [0.15, 0.2) is 11.5 Å². The molecule has 1 aliphatic carbocycles. The van der Waals surface area contributed by atoms with Crippen LogP contribution in [0, 0.1) is 11.8 Å². The molecule has 0 spiro atoms. The van der Waals surface area contributed by atoms with Crippen molar-refractivity contribution in [3.05, 3.63) is 82.8 Å². The zero-order valence-corrected chi connectivity index (χ0v) is 21.9. The number of Topliss-reactive ketones (excluding diaryl/α,β-unsaturated/α-hetero) is 1. The van der Waals surface area contributed by atoms with Gasteiger partial charge >= 0.3 is 0 Å². The van der Waals surface area contributed by atoms with E-state index in [0.29, 0.717) is 16.9 Å². The van der Waals surface area contributed by atoms with Crippen LogP contribution in [0.4, 0.5) is 11.4 Å². The Morgan fingerprint density at radius 2 is 1.51 bits per heavy atom. The minimum Gasteiger partial charge on any atom is -0.503 e. The number of ketones is 1. The second kappa shape index (κ2) is 10.7. The Balaban J connectivity index is 1.84. The van der Waals surface area contributed by atoms with Gasteiger partial charge in [-0.15, -0.1) is 0 Å². The summed E-state index contributed by atoms with van der Waals surface area (Å²) in [5.74, 6) is -5.30. The molecule has 9 heteroatoms. The molecule has 3 aromatic carbocycles. The van der Waals surface area contributed by atoms with E-state index < -0.39 is 41.0 Å². The summed E-state index contributed by atoms with van der Waals surface area (Å²) in [4.78, 5) is 40.7. The number of amides is 2. The van der Waals surface area contributed by atoms with Crippen LogP contribution >= 0.6 is 15.9 Å². The Hall–Kier alpha value is -3.69. The number of rotatable bonds is 6. The summed E-state index contributed by atoms with van der Waals surface area (Å²) in [6.07, 6.45) is -0.389. The van der Waals surface area contributed by atoms with Crippen LogP contribution in [0.3, 0.4) is 0 Å². The summed E-state index contributed by atoms with van der Waals surface area (Å²) in [6, 6.07) is 20.4. The van der Waals surface area contributed by atoms with Gasteiger partial charge < -0.3 is 25.6 Å². The van der Waals surface area contributed by atoms with E-state index in [9.17, 15) is 24.6 Å². The van der Waals surface area contributed by atoms with Crippen LogP contribution in [-0.4, -0.2) is 40.5 Å². The first kappa shape index (κ1) is 26.4. The third-order valence-corrected chi connectivity index (χ3v) is 7.17. The number of methoxy groups -OCH3 is 1. The number of halogens is 1. The fraction of sp³-hybridized carbons (Fsp3) is 0.250. The molecule has 0 radical (unpaired) electrons. The molecule has 4 unspecified atom stereocenters. The molecule has 2 amide bonds. The zero-order chi connectivity index (χ0) is 26.7. The van der Waals surface area contributed by atoms with Crippen LogP contribution < -0.4 is 15.4 Å². The van der Waals surface area contributed by atoms with E-state index >= 15 is 0 Å². The lowest BCUT2D eigenvalue weighted by Gasteiger charge is -2.44. The first-order valence-corrected chi connectivity index (χ1v) is 12.4. The molecule has 1 fully saturated rings. The predicted molar refractivity (Wildman–Crippen MR) is 142 cm³/mol. The Morgan fingerprint density at radius 1 is 0.973 bits per heavy atom. The van der Waals surface area contributed by atoms with Gasteiger partial charge in [-0.1, -0.05) is 36.4 Å². The van der Waals surface area contributed by atoms with Crippen LogP contribution in [0.15, 0.2) is 77.3 Å². The maximum absolute atomic E-state index is 13.7. The maximum atomic E-state index is 13.7. The van der Waals surface area contributed by atoms with Crippen molar-refractivity contribution in [1.29, 1.82) is 0 Å². The molecular formula is C28H27BrN2O6. The van der Waals surface area contributed by atoms with Crippen LogP contribution in [-0.2, 0) is 14.4 Å². The molecule has 0 heterocycles. The highest BCUT2D eigenvalue weighted by Crippen LogP contribution is 2.49. The molecule has 4 rings (SSSR count). The molecule has 1 saturated carbocycles. The number of hydrogen-bond acceptors (Lipinski definition) is 6. The molecule has 37 heavy (non-hydrogen) atoms. The number of carbonyl (C=O) groups excluding carboxylic acids is 3. The van der Waals surface area contributed by atoms with Crippen molar-refractivity contribution in [2.24, 2.45) is 11.8 Å². The van der Waals surface area contributed by atoms with E-state index in [2.05, 4.69) is 26.6 Å². The number of benzene rings is 3. The first-order chi connectivity index (χ1) is 17.6. The highest BCUT2D eigenvalue weighted by atomic mass is 79.9. The number of para-hydroxylation sites is 2. The number of ether oxygens (including phenoxy) is 1. The third-order valence-electron chi connectivity index (χ3n) is 6.57. The number of anilines is 2. The lowest BCUT2D eigenvalue weighted by atomic mass is 9.61. The van der Waals surface area contributed by atoms with Gasteiger partial charge in [-0.3, -0.25) is 14.4 Å². The third kappa shape index (κ3) is 5.52. The lowest BCUT2D eigenvalue weighted by Crippen LogP contribution is -2.56. The van der Waals surface area contributed by atoms with E-state index in [4.69, 9.17) is 4.74 Å². The number of nitrogens with one attached hydrogen (secondary N) is 2. The monoisotopic (exact) mass is 566 g/mol. The molecule has 4 atom stereocenters. The van der Waals surface area contributed by atoms with E-state index in [0.717, 1.165) is 0 Å². The minimum atomic E-state index is -1.76. The van der Waals surface area contributed by atoms with Crippen molar-refractivity contribution in [3.63, 3.8) is 0 Å². The molecule has 192 valence electrons. The van der Waals surface area contributed by atoms with Gasteiger partial charge in [0, 0.05) is 23.7 Å². The number of phenols is 1. The zero-order valence-electron chi connectivity index (χ0n) is 20.3.